The molecule has 1 aromatic heterocycles. The second-order valence-corrected chi connectivity index (χ2v) is 7.52. The summed E-state index contributed by atoms with van der Waals surface area (Å²) in [4.78, 5) is 16.2. The summed E-state index contributed by atoms with van der Waals surface area (Å²) in [7, 11) is -3.03. The number of carbonyl (C=O) groups excluding carboxylic acids is 1. The molecule has 11 heteroatoms. The van der Waals surface area contributed by atoms with Crippen LogP contribution in [0.4, 0.5) is 13.2 Å². The Kier molecular flexibility index (Phi) is 5.34. The summed E-state index contributed by atoms with van der Waals surface area (Å²) in [5, 5.41) is 0.491. The number of alkyl halides is 3. The van der Waals surface area contributed by atoms with Gasteiger partial charge in [-0.15, -0.1) is 11.3 Å². The monoisotopic (exact) mass is 345 g/mol. The highest BCUT2D eigenvalue weighted by Gasteiger charge is 2.34. The molecular formula is C10H14F3N3O3S2. The molecule has 0 aliphatic carbocycles. The van der Waals surface area contributed by atoms with Crippen molar-refractivity contribution in [3.05, 3.63) is 11.2 Å². The summed E-state index contributed by atoms with van der Waals surface area (Å²) in [6, 6.07) is -1.25. The number of aryl methyl sites for hydroxylation is 1. The number of sulfonamides is 1. The van der Waals surface area contributed by atoms with E-state index in [2.05, 4.69) is 4.98 Å². The Hall–Kier alpha value is -1.20. The Bertz CT molecular complexity index is 613. The quantitative estimate of drug-likeness (QED) is 0.866. The smallest absolute Gasteiger partial charge is 0.287 e. The number of nitrogens with one attached hydrogen (secondary N) is 1. The lowest BCUT2D eigenvalue weighted by Gasteiger charge is -2.24. The third-order valence-electron chi connectivity index (χ3n) is 2.57. The molecule has 1 heterocycles. The van der Waals surface area contributed by atoms with Gasteiger partial charge < -0.3 is 0 Å². The molecule has 21 heavy (non-hydrogen) atoms. The van der Waals surface area contributed by atoms with E-state index in [4.69, 9.17) is 0 Å². The van der Waals surface area contributed by atoms with Gasteiger partial charge in [-0.1, -0.05) is 0 Å². The Morgan fingerprint density at radius 3 is 2.52 bits per heavy atom. The van der Waals surface area contributed by atoms with Crippen molar-refractivity contribution in [1.29, 1.82) is 0 Å². The molecule has 0 saturated carbocycles. The van der Waals surface area contributed by atoms with Crippen molar-refractivity contribution in [2.24, 2.45) is 0 Å². The van der Waals surface area contributed by atoms with Gasteiger partial charge in [0, 0.05) is 0 Å². The molecule has 0 aliphatic heterocycles. The lowest BCUT2D eigenvalue weighted by molar-refractivity contribution is -0.150. The Morgan fingerprint density at radius 1 is 1.52 bits per heavy atom. The second-order valence-electron chi connectivity index (χ2n) is 4.37. The summed E-state index contributed by atoms with van der Waals surface area (Å²) in [5.41, 5.74) is 0. The van der Waals surface area contributed by atoms with Gasteiger partial charge in [-0.05, 0) is 20.9 Å². The van der Waals surface area contributed by atoms with Gasteiger partial charge in [0.25, 0.3) is 15.9 Å². The number of carbonyl (C=O) groups is 1. The summed E-state index contributed by atoms with van der Waals surface area (Å²) in [5.74, 6) is -1.03. The van der Waals surface area contributed by atoms with Crippen LogP contribution in [0, 0.1) is 6.92 Å². The minimum Gasteiger partial charge on any atom is -0.287 e. The largest absolute Gasteiger partial charge is 0.401 e. The number of hydrogen-bond acceptors (Lipinski definition) is 6. The molecule has 120 valence electrons. The Balaban J connectivity index is 2.76. The summed E-state index contributed by atoms with van der Waals surface area (Å²) >= 11 is 0.859. The molecule has 0 fully saturated rings. The van der Waals surface area contributed by atoms with Gasteiger partial charge in [-0.2, -0.15) is 13.2 Å². The van der Waals surface area contributed by atoms with Crippen molar-refractivity contribution in [2.75, 3.05) is 13.6 Å². The topological polar surface area (TPSA) is 79.4 Å². The van der Waals surface area contributed by atoms with Crippen LogP contribution in [0.15, 0.2) is 10.4 Å². The average Bonchev–Trinajstić information content (AvgIpc) is 2.72. The molecule has 0 aromatic carbocycles. The van der Waals surface area contributed by atoms with E-state index < -0.39 is 34.7 Å². The van der Waals surface area contributed by atoms with E-state index in [9.17, 15) is 26.4 Å². The van der Waals surface area contributed by atoms with E-state index >= 15 is 0 Å². The highest BCUT2D eigenvalue weighted by molar-refractivity contribution is 7.92. The normalized spacial score (nSPS) is 14.2. The lowest BCUT2D eigenvalue weighted by Crippen LogP contribution is -2.47. The highest BCUT2D eigenvalue weighted by atomic mass is 32.2. The fourth-order valence-electron chi connectivity index (χ4n) is 1.35. The van der Waals surface area contributed by atoms with Crippen LogP contribution in [0.5, 0.6) is 0 Å². The molecule has 0 aliphatic rings. The molecule has 6 nitrogen and oxygen atoms in total. The van der Waals surface area contributed by atoms with E-state index in [1.54, 1.807) is 11.6 Å². The molecule has 0 unspecified atom stereocenters. The number of likely N-dealkylation sites (N-methyl/N-ethyl adjacent to an activating group) is 1. The molecule has 1 aromatic rings. The average molecular weight is 345 g/mol. The van der Waals surface area contributed by atoms with Crippen LogP contribution in [0.25, 0.3) is 0 Å². The molecule has 1 atom stereocenters. The van der Waals surface area contributed by atoms with Crippen molar-refractivity contribution in [3.8, 4) is 0 Å². The van der Waals surface area contributed by atoms with Gasteiger partial charge in [-0.3, -0.25) is 9.69 Å². The van der Waals surface area contributed by atoms with Crippen molar-refractivity contribution >= 4 is 27.3 Å². The number of amides is 1. The first-order valence-electron chi connectivity index (χ1n) is 5.68. The van der Waals surface area contributed by atoms with E-state index in [1.165, 1.54) is 6.92 Å². The van der Waals surface area contributed by atoms with Gasteiger partial charge >= 0.3 is 6.18 Å². The van der Waals surface area contributed by atoms with Crippen LogP contribution < -0.4 is 4.72 Å². The first-order chi connectivity index (χ1) is 9.42. The number of rotatable bonds is 5. The van der Waals surface area contributed by atoms with E-state index in [0.717, 1.165) is 24.6 Å². The minimum absolute atomic E-state index is 0.168. The minimum atomic E-state index is -4.48. The van der Waals surface area contributed by atoms with Crippen molar-refractivity contribution in [2.45, 2.75) is 30.3 Å². The van der Waals surface area contributed by atoms with E-state index in [1.807, 2.05) is 0 Å². The number of aromatic nitrogens is 1. The predicted octanol–water partition coefficient (Wildman–Crippen LogP) is 1.14. The summed E-state index contributed by atoms with van der Waals surface area (Å²) < 4.78 is 62.0. The fourth-order valence-corrected chi connectivity index (χ4v) is 3.51. The van der Waals surface area contributed by atoms with Crippen molar-refractivity contribution in [1.82, 2.24) is 14.6 Å². The molecule has 1 N–H and O–H groups in total. The molecule has 0 bridgehead atoms. The van der Waals surface area contributed by atoms with Crippen molar-refractivity contribution < 1.29 is 26.4 Å². The van der Waals surface area contributed by atoms with Crippen LogP contribution in [-0.2, 0) is 14.8 Å². The van der Waals surface area contributed by atoms with E-state index in [-0.39, 0.29) is 4.21 Å². The van der Waals surface area contributed by atoms with Crippen LogP contribution in [-0.4, -0.2) is 50.0 Å². The fraction of sp³-hybridized carbons (Fsp3) is 0.600. The molecule has 0 spiro atoms. The first kappa shape index (κ1) is 17.9. The van der Waals surface area contributed by atoms with Crippen LogP contribution in [0.2, 0.25) is 0 Å². The maximum absolute atomic E-state index is 12.2. The molecule has 1 amide bonds. The van der Waals surface area contributed by atoms with Crippen LogP contribution in [0.1, 0.15) is 11.9 Å². The zero-order valence-corrected chi connectivity index (χ0v) is 13.1. The number of thiazole rings is 1. The maximum atomic E-state index is 12.2. The van der Waals surface area contributed by atoms with Gasteiger partial charge in [-0.25, -0.2) is 18.1 Å². The number of hydrogen-bond donors (Lipinski definition) is 1. The van der Waals surface area contributed by atoms with E-state index in [0.29, 0.717) is 9.91 Å². The predicted molar refractivity (Wildman–Crippen MR) is 70.3 cm³/mol. The highest BCUT2D eigenvalue weighted by Crippen LogP contribution is 2.19. The zero-order chi connectivity index (χ0) is 16.4. The zero-order valence-electron chi connectivity index (χ0n) is 11.4. The lowest BCUT2D eigenvalue weighted by atomic mass is 10.3. The maximum Gasteiger partial charge on any atom is 0.401 e. The van der Waals surface area contributed by atoms with Gasteiger partial charge in [0.15, 0.2) is 4.21 Å². The number of nitrogens with zero attached hydrogens (tertiary/aromatic N) is 2. The Morgan fingerprint density at radius 2 is 2.10 bits per heavy atom. The van der Waals surface area contributed by atoms with Crippen LogP contribution in [0.3, 0.4) is 0 Å². The van der Waals surface area contributed by atoms with Gasteiger partial charge in [0.1, 0.15) is 0 Å². The Labute approximate surface area is 124 Å². The van der Waals surface area contributed by atoms with Crippen LogP contribution >= 0.6 is 11.3 Å². The summed E-state index contributed by atoms with van der Waals surface area (Å²) in [6.45, 7) is 1.46. The SMILES string of the molecule is Cc1ncc(S(=O)(=O)NC(=O)[C@H](C)N(C)CC(F)(F)F)s1. The molecular weight excluding hydrogens is 331 g/mol. The number of halogens is 3. The van der Waals surface area contributed by atoms with Gasteiger partial charge in [0.05, 0.1) is 23.8 Å². The molecule has 1 rings (SSSR count). The summed E-state index contributed by atoms with van der Waals surface area (Å²) in [6.07, 6.45) is -3.39. The molecule has 0 saturated heterocycles. The third kappa shape index (κ3) is 5.25. The first-order valence-corrected chi connectivity index (χ1v) is 7.98. The standard InChI is InChI=1S/C10H14F3N3O3S2/c1-6(16(3)5-10(11,12)13)9(17)15-21(18,19)8-4-14-7(2)20-8/h4,6H,5H2,1-3H3,(H,15,17)/t6-/m0/s1. The molecule has 0 radical (unpaired) electrons. The second kappa shape index (κ2) is 6.28. The third-order valence-corrected chi connectivity index (χ3v) is 5.29. The van der Waals surface area contributed by atoms with Crippen molar-refractivity contribution in [3.63, 3.8) is 0 Å². The van der Waals surface area contributed by atoms with Gasteiger partial charge in [0.2, 0.25) is 0 Å².